The van der Waals surface area contributed by atoms with E-state index >= 15 is 0 Å². The predicted molar refractivity (Wildman–Crippen MR) is 118 cm³/mol. The van der Waals surface area contributed by atoms with E-state index in [9.17, 15) is 0 Å². The smallest absolute Gasteiger partial charge is 0.119 e. The van der Waals surface area contributed by atoms with E-state index in [1.54, 1.807) is 7.11 Å². The Balaban J connectivity index is 1.91. The molecule has 0 aromatic heterocycles. The molecule has 5 heteroatoms. The van der Waals surface area contributed by atoms with Gasteiger partial charge in [-0.25, -0.2) is 0 Å². The van der Waals surface area contributed by atoms with Gasteiger partial charge in [-0.15, -0.1) is 0 Å². The van der Waals surface area contributed by atoms with Crippen LogP contribution in [-0.2, 0) is 25.4 Å². The molecular weight excluding hydrogens is 368 g/mol. The Morgan fingerprint density at radius 3 is 1.69 bits per heavy atom. The van der Waals surface area contributed by atoms with Crippen molar-refractivity contribution in [1.82, 2.24) is 0 Å². The van der Waals surface area contributed by atoms with Crippen molar-refractivity contribution in [1.29, 1.82) is 0 Å². The maximum Gasteiger partial charge on any atom is 0.119 e. The second-order valence-electron chi connectivity index (χ2n) is 7.19. The molecule has 0 aliphatic heterocycles. The van der Waals surface area contributed by atoms with Gasteiger partial charge < -0.3 is 23.7 Å². The van der Waals surface area contributed by atoms with Crippen LogP contribution in [-0.4, -0.2) is 60.0 Å². The lowest BCUT2D eigenvalue weighted by atomic mass is 10.0. The molecule has 0 saturated carbocycles. The number of unbranched alkanes of at least 4 members (excludes halogenated alkanes) is 6. The van der Waals surface area contributed by atoms with E-state index < -0.39 is 0 Å². The average Bonchev–Trinajstić information content (AvgIpc) is 2.75. The molecule has 0 amide bonds. The first-order valence-corrected chi connectivity index (χ1v) is 11.3. The van der Waals surface area contributed by atoms with Crippen LogP contribution in [0.3, 0.4) is 0 Å². The van der Waals surface area contributed by atoms with Gasteiger partial charge in [0.15, 0.2) is 0 Å². The van der Waals surface area contributed by atoms with Crippen molar-refractivity contribution < 1.29 is 23.7 Å². The molecule has 0 fully saturated rings. The summed E-state index contributed by atoms with van der Waals surface area (Å²) >= 11 is 0. The fourth-order valence-corrected chi connectivity index (χ4v) is 2.94. The second kappa shape index (κ2) is 20.1. The van der Waals surface area contributed by atoms with Crippen molar-refractivity contribution in [3.8, 4) is 5.75 Å². The topological polar surface area (TPSA) is 46.2 Å². The van der Waals surface area contributed by atoms with Crippen molar-refractivity contribution >= 4 is 0 Å². The van der Waals surface area contributed by atoms with Crippen LogP contribution < -0.4 is 4.74 Å². The third kappa shape index (κ3) is 16.4. The number of hydrogen-bond acceptors (Lipinski definition) is 5. The number of aryl methyl sites for hydroxylation is 1. The van der Waals surface area contributed by atoms with E-state index in [2.05, 4.69) is 31.2 Å². The van der Waals surface area contributed by atoms with Gasteiger partial charge in [0.25, 0.3) is 0 Å². The Morgan fingerprint density at radius 1 is 0.586 bits per heavy atom. The van der Waals surface area contributed by atoms with Gasteiger partial charge in [-0.2, -0.15) is 0 Å². The maximum atomic E-state index is 5.73. The highest BCUT2D eigenvalue weighted by Gasteiger charge is 1.98. The Kier molecular flexibility index (Phi) is 18.0. The van der Waals surface area contributed by atoms with Crippen molar-refractivity contribution in [2.75, 3.05) is 60.0 Å². The van der Waals surface area contributed by atoms with Crippen LogP contribution in [0.15, 0.2) is 24.3 Å². The largest absolute Gasteiger partial charge is 0.491 e. The predicted octanol–water partition coefficient (Wildman–Crippen LogP) is 5.05. The zero-order valence-corrected chi connectivity index (χ0v) is 18.7. The van der Waals surface area contributed by atoms with Gasteiger partial charge in [0.2, 0.25) is 0 Å². The SMILES string of the molecule is CCCCCCCCCc1ccc(OCCOCCOCCOCCOC)cc1. The first kappa shape index (κ1) is 25.9. The first-order valence-electron chi connectivity index (χ1n) is 11.3. The van der Waals surface area contributed by atoms with Gasteiger partial charge in [0.05, 0.1) is 46.2 Å². The van der Waals surface area contributed by atoms with E-state index in [1.807, 2.05) is 0 Å². The van der Waals surface area contributed by atoms with E-state index in [0.717, 1.165) is 12.2 Å². The molecule has 0 heterocycles. The van der Waals surface area contributed by atoms with Crippen molar-refractivity contribution in [3.63, 3.8) is 0 Å². The summed E-state index contributed by atoms with van der Waals surface area (Å²) in [6, 6.07) is 8.47. The molecule has 0 aliphatic carbocycles. The van der Waals surface area contributed by atoms with Gasteiger partial charge in [0.1, 0.15) is 12.4 Å². The zero-order valence-electron chi connectivity index (χ0n) is 18.7. The number of hydrogen-bond donors (Lipinski definition) is 0. The number of methoxy groups -OCH3 is 1. The number of ether oxygens (including phenoxy) is 5. The van der Waals surface area contributed by atoms with Crippen LogP contribution in [0.1, 0.15) is 57.4 Å². The van der Waals surface area contributed by atoms with Crippen molar-refractivity contribution in [2.45, 2.75) is 58.3 Å². The molecule has 0 atom stereocenters. The quantitative estimate of drug-likeness (QED) is 0.265. The summed E-state index contributed by atoms with van der Waals surface area (Å²) in [5, 5.41) is 0. The van der Waals surface area contributed by atoms with Gasteiger partial charge >= 0.3 is 0 Å². The van der Waals surface area contributed by atoms with E-state index in [0.29, 0.717) is 52.9 Å². The maximum absolute atomic E-state index is 5.73. The normalized spacial score (nSPS) is 11.1. The molecule has 168 valence electrons. The van der Waals surface area contributed by atoms with Gasteiger partial charge in [-0.3, -0.25) is 0 Å². The van der Waals surface area contributed by atoms with E-state index in [4.69, 9.17) is 23.7 Å². The molecule has 0 aliphatic rings. The summed E-state index contributed by atoms with van der Waals surface area (Å²) in [4.78, 5) is 0. The number of benzene rings is 1. The summed E-state index contributed by atoms with van der Waals surface area (Å²) < 4.78 is 26.9. The molecular formula is C24H42O5. The van der Waals surface area contributed by atoms with Crippen molar-refractivity contribution in [3.05, 3.63) is 29.8 Å². The lowest BCUT2D eigenvalue weighted by molar-refractivity contribution is 0.000163. The summed E-state index contributed by atoms with van der Waals surface area (Å²) in [7, 11) is 1.66. The molecule has 0 unspecified atom stereocenters. The lowest BCUT2D eigenvalue weighted by Crippen LogP contribution is -2.13. The van der Waals surface area contributed by atoms with Crippen LogP contribution in [0, 0.1) is 0 Å². The summed E-state index contributed by atoms with van der Waals surface area (Å²) in [5.41, 5.74) is 1.39. The fraction of sp³-hybridized carbons (Fsp3) is 0.750. The summed E-state index contributed by atoms with van der Waals surface area (Å²) in [5.74, 6) is 0.904. The highest BCUT2D eigenvalue weighted by Crippen LogP contribution is 2.15. The first-order chi connectivity index (χ1) is 14.4. The third-order valence-corrected chi connectivity index (χ3v) is 4.66. The van der Waals surface area contributed by atoms with Crippen LogP contribution in [0.25, 0.3) is 0 Å². The Bertz CT molecular complexity index is 449. The monoisotopic (exact) mass is 410 g/mol. The van der Waals surface area contributed by atoms with Crippen LogP contribution in [0.2, 0.25) is 0 Å². The molecule has 1 aromatic rings. The zero-order chi connectivity index (χ0) is 20.8. The van der Waals surface area contributed by atoms with E-state index in [-0.39, 0.29) is 0 Å². The molecule has 1 aromatic carbocycles. The average molecular weight is 411 g/mol. The standard InChI is InChI=1S/C24H42O5/c1-3-4-5-6-7-8-9-10-23-11-13-24(14-12-23)29-22-21-28-20-19-27-18-17-26-16-15-25-2/h11-14H,3-10,15-22H2,1-2H3. The molecule has 5 nitrogen and oxygen atoms in total. The van der Waals surface area contributed by atoms with Gasteiger partial charge in [-0.1, -0.05) is 57.6 Å². The Hall–Kier alpha value is -1.14. The Labute approximate surface area is 178 Å². The van der Waals surface area contributed by atoms with Crippen LogP contribution >= 0.6 is 0 Å². The molecule has 0 bridgehead atoms. The highest BCUT2D eigenvalue weighted by molar-refractivity contribution is 5.27. The fourth-order valence-electron chi connectivity index (χ4n) is 2.94. The Morgan fingerprint density at radius 2 is 1.10 bits per heavy atom. The van der Waals surface area contributed by atoms with Crippen LogP contribution in [0.5, 0.6) is 5.75 Å². The molecule has 29 heavy (non-hydrogen) atoms. The molecule has 0 spiro atoms. The minimum Gasteiger partial charge on any atom is -0.491 e. The summed E-state index contributed by atoms with van der Waals surface area (Å²) in [6.07, 6.45) is 10.6. The minimum absolute atomic E-state index is 0.553. The number of rotatable bonds is 21. The second-order valence-corrected chi connectivity index (χ2v) is 7.19. The molecule has 0 saturated heterocycles. The minimum atomic E-state index is 0.553. The molecule has 1 rings (SSSR count). The van der Waals surface area contributed by atoms with Crippen LogP contribution in [0.4, 0.5) is 0 Å². The van der Waals surface area contributed by atoms with E-state index in [1.165, 1.54) is 50.5 Å². The van der Waals surface area contributed by atoms with Crippen molar-refractivity contribution in [2.24, 2.45) is 0 Å². The highest BCUT2D eigenvalue weighted by atomic mass is 16.6. The van der Waals surface area contributed by atoms with Gasteiger partial charge in [0, 0.05) is 7.11 Å². The third-order valence-electron chi connectivity index (χ3n) is 4.66. The molecule has 0 N–H and O–H groups in total. The lowest BCUT2D eigenvalue weighted by Gasteiger charge is -2.09. The summed E-state index contributed by atoms with van der Waals surface area (Å²) in [6.45, 7) is 6.90. The molecule has 0 radical (unpaired) electrons. The van der Waals surface area contributed by atoms with Gasteiger partial charge in [-0.05, 0) is 30.5 Å².